The van der Waals surface area contributed by atoms with E-state index in [1.807, 2.05) is 21.1 Å². The Morgan fingerprint density at radius 3 is 0.780 bits per heavy atom. The van der Waals surface area contributed by atoms with Gasteiger partial charge in [0, 0.05) is 12.8 Å². The molecule has 0 aliphatic rings. The molecule has 0 saturated heterocycles. The smallest absolute Gasteiger partial charge is 0.361 e. The van der Waals surface area contributed by atoms with Crippen LogP contribution in [0.2, 0.25) is 0 Å². The number of ether oxygens (including phenoxy) is 4. The molecule has 0 amide bonds. The number of unbranched alkanes of at least 4 members (excludes halogenated alkanes) is 55. The predicted molar refractivity (Wildman–Crippen MR) is 351 cm³/mol. The highest BCUT2D eigenvalue weighted by molar-refractivity contribution is 5.71. The molecule has 0 spiro atoms. The number of carbonyl (C=O) groups is 3. The molecule has 9 nitrogen and oxygen atoms in total. The fourth-order valence-corrected chi connectivity index (χ4v) is 11.5. The number of nitrogens with zero attached hydrogens (tertiary/aromatic N) is 1. The summed E-state index contributed by atoms with van der Waals surface area (Å²) in [7, 11) is 6.00. The monoisotopic (exact) mass is 1160 g/mol. The average Bonchev–Trinajstić information content (AvgIpc) is 3.47. The maximum Gasteiger partial charge on any atom is 0.361 e. The Morgan fingerprint density at radius 1 is 0.317 bits per heavy atom. The van der Waals surface area contributed by atoms with E-state index in [1.165, 1.54) is 327 Å². The van der Waals surface area contributed by atoms with Gasteiger partial charge >= 0.3 is 17.9 Å². The summed E-state index contributed by atoms with van der Waals surface area (Å²) in [5.41, 5.74) is 0. The van der Waals surface area contributed by atoms with Gasteiger partial charge in [-0.05, 0) is 12.8 Å². The van der Waals surface area contributed by atoms with Crippen LogP contribution in [0, 0.1) is 0 Å². The van der Waals surface area contributed by atoms with E-state index in [2.05, 4.69) is 13.8 Å². The first-order valence-electron chi connectivity index (χ1n) is 36.7. The molecule has 0 fully saturated rings. The second kappa shape index (κ2) is 65.3. The minimum atomic E-state index is -1.50. The van der Waals surface area contributed by atoms with Gasteiger partial charge in [0.2, 0.25) is 0 Å². The van der Waals surface area contributed by atoms with Crippen LogP contribution in [0.15, 0.2) is 0 Å². The van der Waals surface area contributed by atoms with E-state index in [9.17, 15) is 19.5 Å². The molecular formula is C73H144NO8+. The number of aliphatic carboxylic acids is 1. The van der Waals surface area contributed by atoms with Gasteiger partial charge in [0.1, 0.15) is 13.2 Å². The van der Waals surface area contributed by atoms with Gasteiger partial charge in [-0.1, -0.05) is 367 Å². The second-order valence-corrected chi connectivity index (χ2v) is 26.6. The molecule has 0 aromatic heterocycles. The van der Waals surface area contributed by atoms with Crippen molar-refractivity contribution in [3.8, 4) is 0 Å². The molecule has 1 N–H and O–H groups in total. The van der Waals surface area contributed by atoms with Gasteiger partial charge in [0.25, 0.3) is 6.29 Å². The van der Waals surface area contributed by atoms with Crippen LogP contribution in [0.4, 0.5) is 0 Å². The molecular weight excluding hydrogens is 1020 g/mol. The summed E-state index contributed by atoms with van der Waals surface area (Å²) in [6, 6.07) is 0. The lowest BCUT2D eigenvalue weighted by molar-refractivity contribution is -0.870. The Kier molecular flexibility index (Phi) is 63.9. The van der Waals surface area contributed by atoms with Crippen molar-refractivity contribution in [1.29, 1.82) is 0 Å². The molecule has 0 aliphatic heterocycles. The standard InChI is InChI=1S/C73H143NO8/c1-6-8-10-12-14-16-18-20-22-24-26-28-29-30-31-32-33-34-35-36-37-38-39-40-41-42-43-44-46-48-50-52-54-56-58-60-62-64-71(76)82-69(68-81-73(72(77)78)79-66-65-74(3,4)5)67-80-70(75)63-61-59-57-55-53-51-49-47-45-27-25-23-21-19-17-15-13-11-9-7-2/h69,73H,6-68H2,1-5H3/p+1. The van der Waals surface area contributed by atoms with Crippen LogP contribution < -0.4 is 0 Å². The lowest BCUT2D eigenvalue weighted by atomic mass is 10.0. The third kappa shape index (κ3) is 65.8. The van der Waals surface area contributed by atoms with Crippen LogP contribution in [-0.4, -0.2) is 87.4 Å². The highest BCUT2D eigenvalue weighted by Crippen LogP contribution is 2.20. The maximum absolute atomic E-state index is 12.9. The van der Waals surface area contributed by atoms with Crippen molar-refractivity contribution >= 4 is 17.9 Å². The third-order valence-corrected chi connectivity index (χ3v) is 17.1. The Labute approximate surface area is 511 Å². The van der Waals surface area contributed by atoms with Gasteiger partial charge in [-0.2, -0.15) is 0 Å². The van der Waals surface area contributed by atoms with E-state index in [4.69, 9.17) is 18.9 Å². The summed E-state index contributed by atoms with van der Waals surface area (Å²) in [6.45, 7) is 4.97. The van der Waals surface area contributed by atoms with E-state index in [0.717, 1.165) is 38.5 Å². The highest BCUT2D eigenvalue weighted by atomic mass is 16.7. The quantitative estimate of drug-likeness (QED) is 0.0278. The number of esters is 2. The lowest BCUT2D eigenvalue weighted by Gasteiger charge is -2.25. The summed E-state index contributed by atoms with van der Waals surface area (Å²) in [6.07, 6.45) is 75.3. The molecule has 0 heterocycles. The second-order valence-electron chi connectivity index (χ2n) is 26.6. The number of likely N-dealkylation sites (N-methyl/N-ethyl adjacent to an activating group) is 1. The van der Waals surface area contributed by atoms with Crippen molar-refractivity contribution in [1.82, 2.24) is 0 Å². The van der Waals surface area contributed by atoms with E-state index in [-0.39, 0.29) is 38.2 Å². The van der Waals surface area contributed by atoms with Crippen LogP contribution in [0.1, 0.15) is 393 Å². The minimum Gasteiger partial charge on any atom is -0.477 e. The lowest BCUT2D eigenvalue weighted by Crippen LogP contribution is -2.40. The number of carboxylic acids is 1. The SMILES string of the molecule is CCCCCCCCCCCCCCCCCCCCCCCCCCCCCCCCCCCCCCCC(=O)OC(COC(=O)CCCCCCCCCCCCCCCCCCCCCC)COC(OCC[N+](C)(C)C)C(=O)O. The van der Waals surface area contributed by atoms with E-state index < -0.39 is 18.4 Å². The number of quaternary nitrogens is 1. The van der Waals surface area contributed by atoms with Crippen molar-refractivity contribution < 1.29 is 42.9 Å². The molecule has 0 bridgehead atoms. The first-order valence-corrected chi connectivity index (χ1v) is 36.7. The van der Waals surface area contributed by atoms with Crippen molar-refractivity contribution in [3.63, 3.8) is 0 Å². The molecule has 0 aromatic rings. The van der Waals surface area contributed by atoms with Crippen molar-refractivity contribution in [2.75, 3.05) is 47.5 Å². The third-order valence-electron chi connectivity index (χ3n) is 17.1. The first-order chi connectivity index (χ1) is 40.1. The van der Waals surface area contributed by atoms with Crippen LogP contribution in [0.3, 0.4) is 0 Å². The summed E-state index contributed by atoms with van der Waals surface area (Å²) in [5.74, 6) is -1.97. The highest BCUT2D eigenvalue weighted by Gasteiger charge is 2.25. The van der Waals surface area contributed by atoms with Crippen molar-refractivity contribution in [3.05, 3.63) is 0 Å². The average molecular weight is 1160 g/mol. The zero-order valence-electron chi connectivity index (χ0n) is 56.0. The normalized spacial score (nSPS) is 12.5. The molecule has 0 radical (unpaired) electrons. The minimum absolute atomic E-state index is 0.172. The molecule has 2 unspecified atom stereocenters. The number of carbonyl (C=O) groups excluding carboxylic acids is 2. The van der Waals surface area contributed by atoms with Crippen LogP contribution >= 0.6 is 0 Å². The van der Waals surface area contributed by atoms with Gasteiger partial charge in [-0.25, -0.2) is 4.79 Å². The zero-order chi connectivity index (χ0) is 59.8. The molecule has 9 heteroatoms. The molecule has 2 atom stereocenters. The van der Waals surface area contributed by atoms with Gasteiger partial charge in [-0.3, -0.25) is 9.59 Å². The largest absolute Gasteiger partial charge is 0.477 e. The zero-order valence-corrected chi connectivity index (χ0v) is 56.0. The van der Waals surface area contributed by atoms with Gasteiger partial charge in [0.15, 0.2) is 6.10 Å². The molecule has 82 heavy (non-hydrogen) atoms. The summed E-state index contributed by atoms with van der Waals surface area (Å²) in [5, 5.41) is 9.74. The fraction of sp³-hybridized carbons (Fsp3) is 0.959. The fourth-order valence-electron chi connectivity index (χ4n) is 11.5. The maximum atomic E-state index is 12.9. The Bertz CT molecular complexity index is 1300. The number of rotatable bonds is 70. The van der Waals surface area contributed by atoms with Gasteiger partial charge in [0.05, 0.1) is 34.4 Å². The van der Waals surface area contributed by atoms with E-state index in [0.29, 0.717) is 17.4 Å². The van der Waals surface area contributed by atoms with Crippen LogP contribution in [-0.2, 0) is 33.3 Å². The number of hydrogen-bond donors (Lipinski definition) is 1. The van der Waals surface area contributed by atoms with Crippen molar-refractivity contribution in [2.45, 2.75) is 405 Å². The van der Waals surface area contributed by atoms with E-state index in [1.54, 1.807) is 0 Å². The summed E-state index contributed by atoms with van der Waals surface area (Å²) < 4.78 is 23.0. The summed E-state index contributed by atoms with van der Waals surface area (Å²) in [4.78, 5) is 37.6. The van der Waals surface area contributed by atoms with E-state index >= 15 is 0 Å². The number of hydrogen-bond acceptors (Lipinski definition) is 7. The van der Waals surface area contributed by atoms with Gasteiger partial charge < -0.3 is 28.5 Å². The summed E-state index contributed by atoms with van der Waals surface area (Å²) >= 11 is 0. The van der Waals surface area contributed by atoms with Crippen LogP contribution in [0.5, 0.6) is 0 Å². The number of carboxylic acid groups (broad SMARTS) is 1. The van der Waals surface area contributed by atoms with Crippen LogP contribution in [0.25, 0.3) is 0 Å². The molecule has 0 aromatic carbocycles. The molecule has 0 saturated carbocycles. The topological polar surface area (TPSA) is 108 Å². The molecule has 0 rings (SSSR count). The molecule has 488 valence electrons. The first kappa shape index (κ1) is 80.3. The Balaban J connectivity index is 3.94. The Morgan fingerprint density at radius 2 is 0.549 bits per heavy atom. The Hall–Kier alpha value is -1.71. The van der Waals surface area contributed by atoms with Crippen molar-refractivity contribution in [2.24, 2.45) is 0 Å². The molecule has 0 aliphatic carbocycles. The van der Waals surface area contributed by atoms with Gasteiger partial charge in [-0.15, -0.1) is 0 Å². The predicted octanol–water partition coefficient (Wildman–Crippen LogP) is 22.6.